The number of fused-ring (bicyclic) bond motifs is 3. The van der Waals surface area contributed by atoms with Crippen molar-refractivity contribution in [2.24, 2.45) is 7.05 Å². The summed E-state index contributed by atoms with van der Waals surface area (Å²) in [5.41, 5.74) is 9.77. The van der Waals surface area contributed by atoms with Gasteiger partial charge >= 0.3 is 0 Å². The Bertz CT molecular complexity index is 588. The van der Waals surface area contributed by atoms with E-state index in [4.69, 9.17) is 5.73 Å². The lowest BCUT2D eigenvalue weighted by Crippen LogP contribution is -2.27. The molecular weight excluding hydrogens is 216 g/mol. The van der Waals surface area contributed by atoms with Crippen molar-refractivity contribution in [2.75, 3.05) is 17.7 Å². The molecule has 0 amide bonds. The summed E-state index contributed by atoms with van der Waals surface area (Å²) in [7, 11) is 3.83. The van der Waals surface area contributed by atoms with E-state index in [2.05, 4.69) is 27.0 Å². The average molecular weight is 230 g/mol. The van der Waals surface area contributed by atoms with E-state index >= 15 is 0 Å². The van der Waals surface area contributed by atoms with Crippen LogP contribution in [-0.2, 0) is 7.05 Å². The summed E-state index contributed by atoms with van der Waals surface area (Å²) < 4.78 is 0. The molecule has 17 heavy (non-hydrogen) atoms. The van der Waals surface area contributed by atoms with Crippen molar-refractivity contribution in [1.29, 1.82) is 0 Å². The fourth-order valence-electron chi connectivity index (χ4n) is 2.30. The van der Waals surface area contributed by atoms with Crippen molar-refractivity contribution in [2.45, 2.75) is 13.0 Å². The largest absolute Gasteiger partial charge is 0.382 e. The van der Waals surface area contributed by atoms with Crippen molar-refractivity contribution in [3.63, 3.8) is 0 Å². The van der Waals surface area contributed by atoms with Crippen LogP contribution >= 0.6 is 0 Å². The molecule has 2 N–H and O–H groups in total. The van der Waals surface area contributed by atoms with Gasteiger partial charge in [-0.2, -0.15) is 15.0 Å². The Morgan fingerprint density at radius 1 is 1.29 bits per heavy atom. The van der Waals surface area contributed by atoms with E-state index in [9.17, 15) is 0 Å². The van der Waals surface area contributed by atoms with E-state index < -0.39 is 0 Å². The van der Waals surface area contributed by atoms with Crippen LogP contribution in [0.1, 0.15) is 18.7 Å². The Balaban J connectivity index is 2.35. The number of hydrogen-bond donors (Lipinski definition) is 1. The molecule has 0 spiro atoms. The third-order valence-electron chi connectivity index (χ3n) is 3.28. The highest BCUT2D eigenvalue weighted by Gasteiger charge is 2.31. The molecule has 0 unspecified atom stereocenters. The lowest BCUT2D eigenvalue weighted by atomic mass is 9.99. The van der Waals surface area contributed by atoms with Crippen molar-refractivity contribution in [3.05, 3.63) is 18.0 Å². The van der Waals surface area contributed by atoms with E-state index in [1.165, 1.54) is 0 Å². The van der Waals surface area contributed by atoms with Crippen LogP contribution < -0.4 is 10.6 Å². The molecule has 6 nitrogen and oxygen atoms in total. The van der Waals surface area contributed by atoms with E-state index in [-0.39, 0.29) is 6.04 Å². The molecule has 0 aromatic carbocycles. The second-order valence-corrected chi connectivity index (χ2v) is 4.30. The predicted molar refractivity (Wildman–Crippen MR) is 65.5 cm³/mol. The van der Waals surface area contributed by atoms with E-state index in [1.807, 2.05) is 20.2 Å². The molecule has 6 heteroatoms. The highest BCUT2D eigenvalue weighted by atomic mass is 15.5. The highest BCUT2D eigenvalue weighted by molar-refractivity contribution is 5.87. The maximum Gasteiger partial charge on any atom is 0.147 e. The predicted octanol–water partition coefficient (Wildman–Crippen LogP) is 0.970. The average Bonchev–Trinajstić information content (AvgIpc) is 2.68. The normalized spacial score (nSPS) is 17.8. The minimum atomic E-state index is 0.151. The summed E-state index contributed by atoms with van der Waals surface area (Å²) >= 11 is 0. The number of nitrogens with two attached hydrogens (primary N) is 1. The first-order valence-corrected chi connectivity index (χ1v) is 5.48. The number of aromatic nitrogens is 4. The van der Waals surface area contributed by atoms with Gasteiger partial charge in [-0.25, -0.2) is 4.98 Å². The topological polar surface area (TPSA) is 72.9 Å². The van der Waals surface area contributed by atoms with Crippen LogP contribution in [0.15, 0.2) is 12.3 Å². The molecule has 0 saturated heterocycles. The summed E-state index contributed by atoms with van der Waals surface area (Å²) in [4.78, 5) is 7.83. The van der Waals surface area contributed by atoms with E-state index in [1.54, 1.807) is 11.0 Å². The molecule has 2 aromatic heterocycles. The molecule has 3 heterocycles. The maximum absolute atomic E-state index is 5.95. The molecule has 1 atom stereocenters. The summed E-state index contributed by atoms with van der Waals surface area (Å²) in [5.74, 6) is 0.535. The zero-order valence-corrected chi connectivity index (χ0v) is 10.0. The zero-order chi connectivity index (χ0) is 12.2. The van der Waals surface area contributed by atoms with Gasteiger partial charge in [0.1, 0.15) is 17.2 Å². The number of hydrogen-bond acceptors (Lipinski definition) is 5. The van der Waals surface area contributed by atoms with Gasteiger partial charge in [-0.15, -0.1) is 0 Å². The molecule has 0 saturated carbocycles. The Morgan fingerprint density at radius 2 is 2.06 bits per heavy atom. The molecule has 88 valence electrons. The second kappa shape index (κ2) is 3.19. The van der Waals surface area contributed by atoms with Crippen LogP contribution in [-0.4, -0.2) is 27.0 Å². The maximum atomic E-state index is 5.95. The van der Waals surface area contributed by atoms with Gasteiger partial charge < -0.3 is 10.6 Å². The second-order valence-electron chi connectivity index (χ2n) is 4.30. The smallest absolute Gasteiger partial charge is 0.147 e. The molecule has 0 radical (unpaired) electrons. The van der Waals surface area contributed by atoms with Gasteiger partial charge in [0, 0.05) is 25.9 Å². The standard InChI is InChI=1S/C11H14N6/c1-6-8-9(15-17(3)14-8)7-4-5-13-11(12)10(7)16(6)2/h4-6H,1-3H3,(H2,12,13)/t6-/m1/s1. The number of nitrogen functional groups attached to an aromatic ring is 1. The number of nitrogens with zero attached hydrogens (tertiary/aromatic N) is 5. The Morgan fingerprint density at radius 3 is 2.82 bits per heavy atom. The molecule has 0 fully saturated rings. The fourth-order valence-corrected chi connectivity index (χ4v) is 2.30. The summed E-state index contributed by atoms with van der Waals surface area (Å²) in [6.45, 7) is 2.09. The van der Waals surface area contributed by atoms with Gasteiger partial charge in [0.05, 0.1) is 11.7 Å². The summed E-state index contributed by atoms with van der Waals surface area (Å²) in [5, 5.41) is 8.83. The fraction of sp³-hybridized carbons (Fsp3) is 0.364. The Labute approximate surface area is 99.1 Å². The molecular formula is C11H14N6. The highest BCUT2D eigenvalue weighted by Crippen LogP contribution is 2.43. The van der Waals surface area contributed by atoms with E-state index in [0.29, 0.717) is 5.82 Å². The molecule has 0 bridgehead atoms. The quantitative estimate of drug-likeness (QED) is 0.730. The monoisotopic (exact) mass is 230 g/mol. The van der Waals surface area contributed by atoms with Crippen LogP contribution in [0.3, 0.4) is 0 Å². The van der Waals surface area contributed by atoms with Gasteiger partial charge in [0.25, 0.3) is 0 Å². The molecule has 0 aliphatic carbocycles. The first-order valence-electron chi connectivity index (χ1n) is 5.48. The third kappa shape index (κ3) is 1.23. The number of rotatable bonds is 0. The first kappa shape index (κ1) is 10.1. The lowest BCUT2D eigenvalue weighted by molar-refractivity contribution is 0.625. The van der Waals surface area contributed by atoms with Gasteiger partial charge in [-0.05, 0) is 13.0 Å². The number of pyridine rings is 1. The summed E-state index contributed by atoms with van der Waals surface area (Å²) in [6, 6.07) is 2.08. The van der Waals surface area contributed by atoms with Crippen LogP contribution in [0.4, 0.5) is 11.5 Å². The van der Waals surface area contributed by atoms with Crippen LogP contribution in [0, 0.1) is 0 Å². The lowest BCUT2D eigenvalue weighted by Gasteiger charge is -2.32. The minimum Gasteiger partial charge on any atom is -0.382 e. The van der Waals surface area contributed by atoms with Crippen LogP contribution in [0.5, 0.6) is 0 Å². The third-order valence-corrected chi connectivity index (χ3v) is 3.28. The molecule has 1 aliphatic rings. The van der Waals surface area contributed by atoms with Gasteiger partial charge in [-0.1, -0.05) is 0 Å². The van der Waals surface area contributed by atoms with Crippen LogP contribution in [0.2, 0.25) is 0 Å². The summed E-state index contributed by atoms with van der Waals surface area (Å²) in [6.07, 6.45) is 1.70. The van der Waals surface area contributed by atoms with Crippen molar-refractivity contribution in [3.8, 4) is 11.3 Å². The number of anilines is 2. The van der Waals surface area contributed by atoms with E-state index in [0.717, 1.165) is 22.6 Å². The minimum absolute atomic E-state index is 0.151. The first-order chi connectivity index (χ1) is 8.09. The van der Waals surface area contributed by atoms with Crippen molar-refractivity contribution in [1.82, 2.24) is 20.0 Å². The number of aryl methyl sites for hydroxylation is 1. The molecule has 1 aliphatic heterocycles. The van der Waals surface area contributed by atoms with Crippen molar-refractivity contribution < 1.29 is 0 Å². The van der Waals surface area contributed by atoms with Crippen LogP contribution in [0.25, 0.3) is 11.3 Å². The zero-order valence-electron chi connectivity index (χ0n) is 10.0. The van der Waals surface area contributed by atoms with Gasteiger partial charge in [0.15, 0.2) is 0 Å². The molecule has 2 aromatic rings. The Hall–Kier alpha value is -2.11. The van der Waals surface area contributed by atoms with Gasteiger partial charge in [0.2, 0.25) is 0 Å². The SMILES string of the molecule is C[C@@H]1c2nn(C)nc2-c2ccnc(N)c2N1C. The Kier molecular flexibility index (Phi) is 1.89. The molecule has 3 rings (SSSR count). The van der Waals surface area contributed by atoms with Gasteiger partial charge in [-0.3, -0.25) is 0 Å². The van der Waals surface area contributed by atoms with Crippen molar-refractivity contribution >= 4 is 11.5 Å².